The average Bonchev–Trinajstić information content (AvgIpc) is 3.59. The fourth-order valence-corrected chi connectivity index (χ4v) is 5.81. The van der Waals surface area contributed by atoms with E-state index in [9.17, 15) is 20.1 Å². The number of rotatable bonds is 8. The van der Waals surface area contributed by atoms with E-state index in [-0.39, 0.29) is 12.8 Å². The molecule has 2 aliphatic rings. The van der Waals surface area contributed by atoms with Crippen molar-refractivity contribution in [2.24, 2.45) is 0 Å². The maximum atomic E-state index is 11.5. The third-order valence-corrected chi connectivity index (χ3v) is 8.28. The fraction of sp³-hybridized carbons (Fsp3) is 0.265. The molecule has 0 aliphatic carbocycles. The number of aryl methyl sites for hydroxylation is 2. The van der Waals surface area contributed by atoms with Gasteiger partial charge in [0.15, 0.2) is 6.29 Å². The van der Waals surface area contributed by atoms with Gasteiger partial charge in [0.2, 0.25) is 0 Å². The van der Waals surface area contributed by atoms with Gasteiger partial charge in [0.1, 0.15) is 0 Å². The molecule has 3 aromatic heterocycles. The number of hydrogen-bond donors (Lipinski definition) is 5. The molecule has 5 heterocycles. The maximum Gasteiger partial charge on any atom is 0.303 e. The van der Waals surface area contributed by atoms with Gasteiger partial charge in [-0.15, -0.1) is 0 Å². The molecule has 0 amide bonds. The summed E-state index contributed by atoms with van der Waals surface area (Å²) >= 11 is 0. The van der Waals surface area contributed by atoms with Crippen molar-refractivity contribution < 1.29 is 20.1 Å². The Morgan fingerprint density at radius 3 is 1.74 bits per heavy atom. The quantitative estimate of drug-likeness (QED) is 0.186. The van der Waals surface area contributed by atoms with Gasteiger partial charge < -0.3 is 25.3 Å². The predicted molar refractivity (Wildman–Crippen MR) is 170 cm³/mol. The summed E-state index contributed by atoms with van der Waals surface area (Å²) in [5.41, 5.74) is 14.0. The molecule has 2 aliphatic heterocycles. The largest absolute Gasteiger partial charge is 0.481 e. The molecule has 0 saturated heterocycles. The summed E-state index contributed by atoms with van der Waals surface area (Å²) in [5.74, 6) is -0.878. The molecule has 0 radical (unpaired) electrons. The topological polar surface area (TPSA) is 135 Å². The standard InChI is InChI=1S/C34H36N4O4/c1-7-21-17(3)25-13-26-19(5)23(9-11-33(39)40)31(37-26)16-32-24(10-12-34(41)42)20(6)28(38-32)15-30-22(8-2)18(4)27(36-30)14-29(21)35-25/h7-8,13-16,34-36,41-42H,1-2,9-12H2,3-6H3,(H,39,40). The number of fused-ring (bicyclic) bond motifs is 8. The van der Waals surface area contributed by atoms with Gasteiger partial charge >= 0.3 is 5.97 Å². The Labute approximate surface area is 244 Å². The van der Waals surface area contributed by atoms with E-state index in [0.29, 0.717) is 24.2 Å². The normalized spacial score (nSPS) is 13.3. The van der Waals surface area contributed by atoms with Crippen LogP contribution in [0.1, 0.15) is 84.6 Å². The highest BCUT2D eigenvalue weighted by Crippen LogP contribution is 2.38. The Hall–Kier alpha value is -4.53. The van der Waals surface area contributed by atoms with Crippen LogP contribution in [-0.2, 0) is 4.79 Å². The van der Waals surface area contributed by atoms with Gasteiger partial charge in [0.05, 0.1) is 22.8 Å². The first-order valence-corrected chi connectivity index (χ1v) is 14.0. The van der Waals surface area contributed by atoms with Crippen molar-refractivity contribution in [2.45, 2.75) is 59.7 Å². The molecule has 216 valence electrons. The van der Waals surface area contributed by atoms with E-state index in [2.05, 4.69) is 36.1 Å². The Kier molecular flexibility index (Phi) is 7.86. The number of carboxylic acid groups (broad SMARTS) is 1. The summed E-state index contributed by atoms with van der Waals surface area (Å²) in [6.45, 7) is 16.1. The van der Waals surface area contributed by atoms with Crippen molar-refractivity contribution in [2.75, 3.05) is 0 Å². The predicted octanol–water partition coefficient (Wildman–Crippen LogP) is 7.03. The summed E-state index contributed by atoms with van der Waals surface area (Å²) in [6, 6.07) is 7.95. The van der Waals surface area contributed by atoms with Gasteiger partial charge in [-0.05, 0) is 98.2 Å². The number of carbonyl (C=O) groups is 1. The van der Waals surface area contributed by atoms with Crippen LogP contribution in [0.2, 0.25) is 0 Å². The molecule has 0 saturated carbocycles. The number of aromatic amines is 2. The van der Waals surface area contributed by atoms with E-state index in [1.165, 1.54) is 0 Å². The van der Waals surface area contributed by atoms with E-state index < -0.39 is 12.3 Å². The summed E-state index contributed by atoms with van der Waals surface area (Å²) in [7, 11) is 0. The molecule has 0 unspecified atom stereocenters. The molecule has 8 bridgehead atoms. The number of carboxylic acids is 1. The lowest BCUT2D eigenvalue weighted by Gasteiger charge is -2.07. The molecule has 8 nitrogen and oxygen atoms in total. The number of aliphatic hydroxyl groups is 2. The summed E-state index contributed by atoms with van der Waals surface area (Å²) < 4.78 is 0. The number of H-pyrrole nitrogens is 2. The van der Waals surface area contributed by atoms with Crippen molar-refractivity contribution in [3.63, 3.8) is 0 Å². The zero-order chi connectivity index (χ0) is 30.3. The van der Waals surface area contributed by atoms with Crippen LogP contribution in [0, 0.1) is 13.8 Å². The van der Waals surface area contributed by atoms with Crippen molar-refractivity contribution >= 4 is 62.5 Å². The van der Waals surface area contributed by atoms with Crippen molar-refractivity contribution in [1.29, 1.82) is 0 Å². The number of hydrogen-bond acceptors (Lipinski definition) is 5. The van der Waals surface area contributed by atoms with E-state index in [4.69, 9.17) is 9.97 Å². The van der Waals surface area contributed by atoms with Crippen LogP contribution in [-0.4, -0.2) is 47.5 Å². The molecular formula is C34H36N4O4. The van der Waals surface area contributed by atoms with Gasteiger partial charge in [0, 0.05) is 46.0 Å². The van der Waals surface area contributed by atoms with Crippen LogP contribution in [0.15, 0.2) is 37.4 Å². The number of aliphatic carboxylic acids is 1. The summed E-state index contributed by atoms with van der Waals surface area (Å²) in [5, 5.41) is 28.7. The van der Waals surface area contributed by atoms with Gasteiger partial charge in [0.25, 0.3) is 0 Å². The first kappa shape index (κ1) is 29.0. The first-order valence-electron chi connectivity index (χ1n) is 14.0. The zero-order valence-corrected chi connectivity index (χ0v) is 24.4. The van der Waals surface area contributed by atoms with Crippen LogP contribution in [0.5, 0.6) is 0 Å². The highest BCUT2D eigenvalue weighted by Gasteiger charge is 2.22. The lowest BCUT2D eigenvalue weighted by molar-refractivity contribution is -0.136. The van der Waals surface area contributed by atoms with Gasteiger partial charge in [-0.1, -0.05) is 25.3 Å². The van der Waals surface area contributed by atoms with E-state index >= 15 is 0 Å². The molecule has 42 heavy (non-hydrogen) atoms. The van der Waals surface area contributed by atoms with Crippen LogP contribution in [0.25, 0.3) is 56.5 Å². The van der Waals surface area contributed by atoms with E-state index in [0.717, 1.165) is 78.0 Å². The van der Waals surface area contributed by atoms with Crippen LogP contribution in [0.3, 0.4) is 0 Å². The highest BCUT2D eigenvalue weighted by molar-refractivity contribution is 5.96. The Morgan fingerprint density at radius 2 is 1.24 bits per heavy atom. The van der Waals surface area contributed by atoms with Crippen LogP contribution in [0.4, 0.5) is 0 Å². The van der Waals surface area contributed by atoms with Crippen molar-refractivity contribution in [1.82, 2.24) is 19.9 Å². The second-order valence-electron chi connectivity index (χ2n) is 10.9. The Balaban J connectivity index is 1.93. The minimum atomic E-state index is -1.45. The third-order valence-electron chi connectivity index (χ3n) is 8.28. The van der Waals surface area contributed by atoms with Crippen LogP contribution >= 0.6 is 0 Å². The molecule has 0 fully saturated rings. The van der Waals surface area contributed by atoms with Gasteiger partial charge in [-0.2, -0.15) is 0 Å². The molecule has 0 atom stereocenters. The van der Waals surface area contributed by atoms with Crippen molar-refractivity contribution in [3.05, 3.63) is 82.5 Å². The number of allylic oxidation sites excluding steroid dienone is 4. The molecule has 5 N–H and O–H groups in total. The third kappa shape index (κ3) is 5.26. The monoisotopic (exact) mass is 564 g/mol. The first-order chi connectivity index (χ1) is 20.0. The molecule has 0 spiro atoms. The highest BCUT2D eigenvalue weighted by atomic mass is 16.5. The SMILES string of the molecule is C=Cc1c(C)c2cc3[nH]c(cc4nc(cc5nc(cc1[nH]2)C(C)=C5CCC(O)O)C(CCC(=O)O)=C4C)c(C)c3C=C. The smallest absolute Gasteiger partial charge is 0.303 e. The maximum absolute atomic E-state index is 11.5. The second-order valence-corrected chi connectivity index (χ2v) is 10.9. The number of aliphatic hydroxyl groups excluding tert-OH is 1. The summed E-state index contributed by atoms with van der Waals surface area (Å²) in [4.78, 5) is 28.6. The minimum Gasteiger partial charge on any atom is -0.481 e. The number of nitrogens with zero attached hydrogens (tertiary/aromatic N) is 2. The second kappa shape index (κ2) is 11.4. The minimum absolute atomic E-state index is 0.0251. The number of aromatic nitrogens is 4. The Bertz CT molecular complexity index is 1870. The number of nitrogens with one attached hydrogen (secondary N) is 2. The van der Waals surface area contributed by atoms with E-state index in [1.807, 2.05) is 51.1 Å². The van der Waals surface area contributed by atoms with E-state index in [1.54, 1.807) is 0 Å². The lowest BCUT2D eigenvalue weighted by Crippen LogP contribution is -2.03. The van der Waals surface area contributed by atoms with Gasteiger partial charge in [-0.3, -0.25) is 4.79 Å². The molecule has 0 aromatic carbocycles. The van der Waals surface area contributed by atoms with Gasteiger partial charge in [-0.25, -0.2) is 9.97 Å². The Morgan fingerprint density at radius 1 is 0.762 bits per heavy atom. The average molecular weight is 565 g/mol. The van der Waals surface area contributed by atoms with Crippen molar-refractivity contribution in [3.8, 4) is 0 Å². The molecular weight excluding hydrogens is 528 g/mol. The fourth-order valence-electron chi connectivity index (χ4n) is 5.81. The summed E-state index contributed by atoms with van der Waals surface area (Å²) in [6.07, 6.45) is 3.09. The molecule has 8 heteroatoms. The lowest BCUT2D eigenvalue weighted by atomic mass is 9.98. The molecule has 5 rings (SSSR count). The van der Waals surface area contributed by atoms with Crippen LogP contribution < -0.4 is 0 Å². The zero-order valence-electron chi connectivity index (χ0n) is 24.4. The molecule has 3 aromatic rings.